The van der Waals surface area contributed by atoms with Crippen molar-refractivity contribution in [1.82, 2.24) is 10.2 Å². The van der Waals surface area contributed by atoms with Gasteiger partial charge in [0, 0.05) is 24.0 Å². The van der Waals surface area contributed by atoms with E-state index in [1.165, 1.54) is 4.90 Å². The highest BCUT2D eigenvalue weighted by Gasteiger charge is 2.35. The van der Waals surface area contributed by atoms with E-state index in [0.29, 0.717) is 16.3 Å². The van der Waals surface area contributed by atoms with E-state index in [2.05, 4.69) is 5.32 Å². The lowest BCUT2D eigenvalue weighted by atomic mass is 10.0. The minimum atomic E-state index is -4.14. The van der Waals surface area contributed by atoms with Gasteiger partial charge in [0.2, 0.25) is 11.8 Å². The minimum absolute atomic E-state index is 0.0291. The molecule has 1 saturated carbocycles. The highest BCUT2D eigenvalue weighted by atomic mass is 35.5. The van der Waals surface area contributed by atoms with Crippen LogP contribution in [-0.4, -0.2) is 43.8 Å². The van der Waals surface area contributed by atoms with E-state index in [-0.39, 0.29) is 29.8 Å². The number of nitrogens with zero attached hydrogens (tertiary/aromatic N) is 2. The van der Waals surface area contributed by atoms with Gasteiger partial charge in [-0.1, -0.05) is 109 Å². The van der Waals surface area contributed by atoms with E-state index >= 15 is 0 Å². The molecule has 234 valence electrons. The molecule has 0 bridgehead atoms. The molecule has 45 heavy (non-hydrogen) atoms. The molecule has 0 heterocycles. The van der Waals surface area contributed by atoms with Crippen LogP contribution in [0.2, 0.25) is 5.02 Å². The van der Waals surface area contributed by atoms with Gasteiger partial charge < -0.3 is 10.2 Å². The van der Waals surface area contributed by atoms with E-state index in [1.54, 1.807) is 66.7 Å². The monoisotopic (exact) mass is 643 g/mol. The second-order valence-electron chi connectivity index (χ2n) is 11.5. The maximum absolute atomic E-state index is 14.5. The molecule has 9 heteroatoms. The summed E-state index contributed by atoms with van der Waals surface area (Å²) in [7, 11) is -4.14. The lowest BCUT2D eigenvalue weighted by Crippen LogP contribution is -2.54. The maximum Gasteiger partial charge on any atom is 0.264 e. The molecule has 0 spiro atoms. The third kappa shape index (κ3) is 8.12. The number of benzene rings is 4. The smallest absolute Gasteiger partial charge is 0.264 e. The molecule has 0 aliphatic heterocycles. The molecule has 0 radical (unpaired) electrons. The first-order valence-electron chi connectivity index (χ1n) is 15.2. The average Bonchev–Trinajstić information content (AvgIpc) is 3.56. The van der Waals surface area contributed by atoms with Crippen LogP contribution in [-0.2, 0) is 32.6 Å². The summed E-state index contributed by atoms with van der Waals surface area (Å²) < 4.78 is 29.3. The zero-order valence-electron chi connectivity index (χ0n) is 25.3. The van der Waals surface area contributed by atoms with Crippen LogP contribution in [0.3, 0.4) is 0 Å². The van der Waals surface area contributed by atoms with Crippen LogP contribution in [0.4, 0.5) is 5.69 Å². The zero-order valence-corrected chi connectivity index (χ0v) is 26.9. The first-order valence-corrected chi connectivity index (χ1v) is 17.1. The lowest BCUT2D eigenvalue weighted by molar-refractivity contribution is -0.140. The summed E-state index contributed by atoms with van der Waals surface area (Å²) in [4.78, 5) is 30.2. The van der Waals surface area contributed by atoms with Crippen molar-refractivity contribution in [1.29, 1.82) is 0 Å². The van der Waals surface area contributed by atoms with E-state index < -0.39 is 28.5 Å². The Morgan fingerprint density at radius 2 is 1.44 bits per heavy atom. The number of sulfonamides is 1. The second-order valence-corrected chi connectivity index (χ2v) is 13.7. The molecule has 0 unspecified atom stereocenters. The number of para-hydroxylation sites is 1. The van der Waals surface area contributed by atoms with Crippen molar-refractivity contribution in [3.8, 4) is 0 Å². The topological polar surface area (TPSA) is 86.8 Å². The summed E-state index contributed by atoms with van der Waals surface area (Å²) in [6.07, 6.45) is 4.11. The Morgan fingerprint density at radius 1 is 0.844 bits per heavy atom. The molecule has 2 amide bonds. The van der Waals surface area contributed by atoms with Gasteiger partial charge in [0.15, 0.2) is 0 Å². The summed E-state index contributed by atoms with van der Waals surface area (Å²) in [5.74, 6) is -0.782. The van der Waals surface area contributed by atoms with Gasteiger partial charge in [-0.2, -0.15) is 0 Å². The highest BCUT2D eigenvalue weighted by Crippen LogP contribution is 2.26. The van der Waals surface area contributed by atoms with Crippen molar-refractivity contribution >= 4 is 39.1 Å². The Bertz CT molecular complexity index is 1690. The fourth-order valence-electron chi connectivity index (χ4n) is 5.69. The van der Waals surface area contributed by atoms with Crippen molar-refractivity contribution in [2.45, 2.75) is 62.6 Å². The molecule has 5 rings (SSSR count). The molecule has 0 saturated heterocycles. The van der Waals surface area contributed by atoms with Gasteiger partial charge in [-0.05, 0) is 61.2 Å². The fraction of sp³-hybridized carbons (Fsp3) is 0.278. The van der Waals surface area contributed by atoms with E-state index in [9.17, 15) is 18.0 Å². The molecule has 0 aromatic heterocycles. The number of amides is 2. The van der Waals surface area contributed by atoms with Crippen molar-refractivity contribution in [3.05, 3.63) is 131 Å². The predicted octanol–water partition coefficient (Wildman–Crippen LogP) is 6.54. The van der Waals surface area contributed by atoms with Crippen molar-refractivity contribution in [3.63, 3.8) is 0 Å². The van der Waals surface area contributed by atoms with Crippen LogP contribution in [0.1, 0.15) is 42.4 Å². The van der Waals surface area contributed by atoms with Gasteiger partial charge in [-0.3, -0.25) is 13.9 Å². The van der Waals surface area contributed by atoms with Crippen molar-refractivity contribution < 1.29 is 18.0 Å². The molecule has 1 N–H and O–H groups in total. The number of aryl methyl sites for hydroxylation is 1. The van der Waals surface area contributed by atoms with Gasteiger partial charge in [-0.15, -0.1) is 0 Å². The molecule has 1 aliphatic carbocycles. The summed E-state index contributed by atoms with van der Waals surface area (Å²) in [6.45, 7) is 1.40. The van der Waals surface area contributed by atoms with E-state index in [4.69, 9.17) is 11.6 Å². The lowest BCUT2D eigenvalue weighted by Gasteiger charge is -2.34. The fourth-order valence-corrected chi connectivity index (χ4v) is 7.30. The Labute approximate surface area is 270 Å². The van der Waals surface area contributed by atoms with Crippen LogP contribution in [0, 0.1) is 6.92 Å². The molecule has 4 aromatic carbocycles. The third-order valence-electron chi connectivity index (χ3n) is 8.20. The average molecular weight is 644 g/mol. The summed E-state index contributed by atoms with van der Waals surface area (Å²) in [5, 5.41) is 3.64. The molecule has 1 fully saturated rings. The summed E-state index contributed by atoms with van der Waals surface area (Å²) in [5.41, 5.74) is 2.80. The number of hydrogen-bond acceptors (Lipinski definition) is 4. The van der Waals surface area contributed by atoms with Crippen LogP contribution in [0.5, 0.6) is 0 Å². The number of hydrogen-bond donors (Lipinski definition) is 1. The zero-order chi connectivity index (χ0) is 31.8. The largest absolute Gasteiger partial charge is 0.352 e. The molecular formula is C36H38ClN3O4S. The van der Waals surface area contributed by atoms with Gasteiger partial charge >= 0.3 is 0 Å². The second kappa shape index (κ2) is 14.8. The Kier molecular flexibility index (Phi) is 10.6. The summed E-state index contributed by atoms with van der Waals surface area (Å²) in [6, 6.07) is 30.9. The van der Waals surface area contributed by atoms with Crippen LogP contribution < -0.4 is 9.62 Å². The Balaban J connectivity index is 1.56. The normalized spacial score (nSPS) is 14.1. The minimum Gasteiger partial charge on any atom is -0.352 e. The summed E-state index contributed by atoms with van der Waals surface area (Å²) >= 11 is 6.58. The highest BCUT2D eigenvalue weighted by molar-refractivity contribution is 7.92. The first kappa shape index (κ1) is 32.3. The van der Waals surface area contributed by atoms with Gasteiger partial charge in [0.05, 0.1) is 10.6 Å². The molecular weight excluding hydrogens is 606 g/mol. The third-order valence-corrected chi connectivity index (χ3v) is 10.4. The van der Waals surface area contributed by atoms with Crippen LogP contribution in [0.15, 0.2) is 114 Å². The molecule has 7 nitrogen and oxygen atoms in total. The van der Waals surface area contributed by atoms with Gasteiger partial charge in [0.1, 0.15) is 12.6 Å². The van der Waals surface area contributed by atoms with Gasteiger partial charge in [0.25, 0.3) is 10.0 Å². The SMILES string of the molecule is Cc1ccc(S(=O)(=O)N(CC(=O)N(Cc2ccccc2Cl)[C@H](Cc2ccccc2)C(=O)NC2CCCC2)c2ccccc2)cc1. The maximum atomic E-state index is 14.5. The Hall–Kier alpha value is -4.14. The van der Waals surface area contributed by atoms with E-state index in [0.717, 1.165) is 41.1 Å². The number of rotatable bonds is 12. The standard InChI is InChI=1S/C36H38ClN3O4S/c1-27-20-22-32(23-21-27)45(43,44)40(31-17-6-3-7-18-31)26-35(41)39(25-29-14-8-11-19-33(29)37)34(24-28-12-4-2-5-13-28)36(42)38-30-15-9-10-16-30/h2-8,11-14,17-23,30,34H,9-10,15-16,24-26H2,1H3,(H,38,42)/t34-/m1/s1. The van der Waals surface area contributed by atoms with Crippen molar-refractivity contribution in [2.75, 3.05) is 10.8 Å². The first-order chi connectivity index (χ1) is 21.7. The molecule has 1 aliphatic rings. The van der Waals surface area contributed by atoms with Gasteiger partial charge in [-0.25, -0.2) is 8.42 Å². The Morgan fingerprint density at radius 3 is 2.09 bits per heavy atom. The predicted molar refractivity (Wildman–Crippen MR) is 178 cm³/mol. The van der Waals surface area contributed by atoms with E-state index in [1.807, 2.05) is 49.4 Å². The number of nitrogens with one attached hydrogen (secondary N) is 1. The van der Waals surface area contributed by atoms with Crippen LogP contribution >= 0.6 is 11.6 Å². The quantitative estimate of drug-likeness (QED) is 0.190. The van der Waals surface area contributed by atoms with Crippen LogP contribution in [0.25, 0.3) is 0 Å². The van der Waals surface area contributed by atoms with Crippen molar-refractivity contribution in [2.24, 2.45) is 0 Å². The number of anilines is 1. The molecule has 4 aromatic rings. The number of carbonyl (C=O) groups is 2. The molecule has 1 atom stereocenters. The number of halogens is 1. The number of carbonyl (C=O) groups excluding carboxylic acids is 2.